The highest BCUT2D eigenvalue weighted by molar-refractivity contribution is 5.65. The number of aromatic nitrogens is 3. The van der Waals surface area contributed by atoms with Gasteiger partial charge >= 0.3 is 0 Å². The summed E-state index contributed by atoms with van der Waals surface area (Å²) >= 11 is 0. The molecule has 0 unspecified atom stereocenters. The van der Waals surface area contributed by atoms with Gasteiger partial charge in [-0.05, 0) is 37.2 Å². The van der Waals surface area contributed by atoms with Crippen molar-refractivity contribution in [2.45, 2.75) is 12.8 Å². The molecule has 0 saturated carbocycles. The maximum Gasteiger partial charge on any atom is 0.229 e. The summed E-state index contributed by atoms with van der Waals surface area (Å²) in [6.45, 7) is 0.588. The van der Waals surface area contributed by atoms with Gasteiger partial charge in [-0.2, -0.15) is 4.98 Å². The smallest absolute Gasteiger partial charge is 0.229 e. The number of anilines is 4. The number of ether oxygens (including phenoxy) is 1. The van der Waals surface area contributed by atoms with Gasteiger partial charge in [-0.3, -0.25) is 0 Å². The molecule has 0 bridgehead atoms. The van der Waals surface area contributed by atoms with Crippen molar-refractivity contribution in [3.05, 3.63) is 60.2 Å². The monoisotopic (exact) mass is 392 g/mol. The Morgan fingerprint density at radius 1 is 1.10 bits per heavy atom. The van der Waals surface area contributed by atoms with Gasteiger partial charge in [0.1, 0.15) is 5.82 Å². The highest BCUT2D eigenvalue weighted by Crippen LogP contribution is 2.22. The Kier molecular flexibility index (Phi) is 6.92. The molecule has 0 spiro atoms. The van der Waals surface area contributed by atoms with Crippen LogP contribution in [0.4, 0.5) is 27.5 Å². The molecule has 8 heteroatoms. The summed E-state index contributed by atoms with van der Waals surface area (Å²) in [5.74, 6) is 7.11. The van der Waals surface area contributed by atoms with Gasteiger partial charge in [-0.15, -0.1) is 0 Å². The summed E-state index contributed by atoms with van der Waals surface area (Å²) in [6.07, 6.45) is 4.75. The van der Waals surface area contributed by atoms with E-state index in [1.807, 2.05) is 6.07 Å². The van der Waals surface area contributed by atoms with Crippen molar-refractivity contribution in [1.82, 2.24) is 15.0 Å². The van der Waals surface area contributed by atoms with Gasteiger partial charge in [0.05, 0.1) is 30.8 Å². The molecule has 1 aromatic carbocycles. The SMILES string of the molecule is COc1ccc(Nc2nc(Nc3cccc(F)c3)ncc2C#CCCCN)cn1. The number of pyridine rings is 1. The van der Waals surface area contributed by atoms with Gasteiger partial charge in [0.15, 0.2) is 5.82 Å². The number of methoxy groups -OCH3 is 1. The fraction of sp³-hybridized carbons (Fsp3) is 0.190. The maximum atomic E-state index is 13.4. The average Bonchev–Trinajstić information content (AvgIpc) is 2.73. The van der Waals surface area contributed by atoms with Crippen LogP contribution in [-0.2, 0) is 0 Å². The van der Waals surface area contributed by atoms with Crippen LogP contribution in [0.2, 0.25) is 0 Å². The van der Waals surface area contributed by atoms with E-state index in [1.54, 1.807) is 37.7 Å². The number of rotatable bonds is 7. The van der Waals surface area contributed by atoms with Gasteiger partial charge in [-0.1, -0.05) is 17.9 Å². The van der Waals surface area contributed by atoms with E-state index in [1.165, 1.54) is 12.1 Å². The number of benzene rings is 1. The van der Waals surface area contributed by atoms with Crippen molar-refractivity contribution in [2.24, 2.45) is 5.73 Å². The van der Waals surface area contributed by atoms with E-state index >= 15 is 0 Å². The first-order chi connectivity index (χ1) is 14.2. The van der Waals surface area contributed by atoms with Crippen molar-refractivity contribution < 1.29 is 9.13 Å². The minimum atomic E-state index is -0.347. The van der Waals surface area contributed by atoms with Gasteiger partial charge < -0.3 is 21.1 Å². The minimum absolute atomic E-state index is 0.312. The van der Waals surface area contributed by atoms with Crippen molar-refractivity contribution in [1.29, 1.82) is 0 Å². The van der Waals surface area contributed by atoms with Crippen LogP contribution in [0.15, 0.2) is 48.8 Å². The summed E-state index contributed by atoms with van der Waals surface area (Å²) in [6, 6.07) is 9.63. The quantitative estimate of drug-likeness (QED) is 0.417. The van der Waals surface area contributed by atoms with E-state index in [0.717, 1.165) is 6.42 Å². The van der Waals surface area contributed by atoms with Crippen molar-refractivity contribution in [2.75, 3.05) is 24.3 Å². The molecule has 0 aliphatic rings. The fourth-order valence-electron chi connectivity index (χ4n) is 2.38. The van der Waals surface area contributed by atoms with Crippen LogP contribution in [0.25, 0.3) is 0 Å². The van der Waals surface area contributed by atoms with E-state index in [2.05, 4.69) is 37.4 Å². The number of nitrogens with two attached hydrogens (primary N) is 1. The Balaban J connectivity index is 1.87. The third-order valence-electron chi connectivity index (χ3n) is 3.81. The zero-order valence-electron chi connectivity index (χ0n) is 15.9. The van der Waals surface area contributed by atoms with Crippen molar-refractivity contribution >= 4 is 23.1 Å². The lowest BCUT2D eigenvalue weighted by molar-refractivity contribution is 0.398. The predicted octanol–water partition coefficient (Wildman–Crippen LogP) is 3.60. The molecule has 3 rings (SSSR count). The molecule has 7 nitrogen and oxygen atoms in total. The molecule has 3 aromatic rings. The Bertz CT molecular complexity index is 1010. The number of hydrogen-bond donors (Lipinski definition) is 3. The summed E-state index contributed by atoms with van der Waals surface area (Å²) in [7, 11) is 1.55. The molecule has 0 aliphatic carbocycles. The summed E-state index contributed by atoms with van der Waals surface area (Å²) in [5, 5.41) is 6.18. The average molecular weight is 392 g/mol. The van der Waals surface area contributed by atoms with E-state index in [-0.39, 0.29) is 5.82 Å². The second-order valence-corrected chi connectivity index (χ2v) is 6.00. The Morgan fingerprint density at radius 3 is 2.72 bits per heavy atom. The third kappa shape index (κ3) is 5.89. The van der Waals surface area contributed by atoms with Gasteiger partial charge in [0.2, 0.25) is 11.8 Å². The van der Waals surface area contributed by atoms with Gasteiger partial charge in [-0.25, -0.2) is 14.4 Å². The number of halogens is 1. The third-order valence-corrected chi connectivity index (χ3v) is 3.81. The molecule has 29 heavy (non-hydrogen) atoms. The van der Waals surface area contributed by atoms with Crippen molar-refractivity contribution in [3.8, 4) is 17.7 Å². The fourth-order valence-corrected chi connectivity index (χ4v) is 2.38. The zero-order chi connectivity index (χ0) is 20.5. The lowest BCUT2D eigenvalue weighted by Crippen LogP contribution is -2.04. The molecule has 0 fully saturated rings. The summed E-state index contributed by atoms with van der Waals surface area (Å²) in [5.41, 5.74) is 7.40. The molecule has 0 amide bonds. The van der Waals surface area contributed by atoms with Crippen LogP contribution >= 0.6 is 0 Å². The Labute approximate surface area is 168 Å². The molecule has 0 radical (unpaired) electrons. The molecule has 2 aromatic heterocycles. The second-order valence-electron chi connectivity index (χ2n) is 6.00. The molecule has 0 aliphatic heterocycles. The van der Waals surface area contributed by atoms with Gasteiger partial charge in [0.25, 0.3) is 0 Å². The Morgan fingerprint density at radius 2 is 2.00 bits per heavy atom. The van der Waals surface area contributed by atoms with Gasteiger partial charge in [0, 0.05) is 18.2 Å². The van der Waals surface area contributed by atoms with E-state index < -0.39 is 0 Å². The number of nitrogens with one attached hydrogen (secondary N) is 2. The van der Waals surface area contributed by atoms with Crippen molar-refractivity contribution in [3.63, 3.8) is 0 Å². The largest absolute Gasteiger partial charge is 0.481 e. The number of nitrogens with zero attached hydrogens (tertiary/aromatic N) is 3. The molecule has 148 valence electrons. The molecule has 0 saturated heterocycles. The first-order valence-corrected chi connectivity index (χ1v) is 9.03. The second kappa shape index (κ2) is 10.0. The first-order valence-electron chi connectivity index (χ1n) is 9.03. The first kappa shape index (κ1) is 20.0. The Hall–Kier alpha value is -3.70. The standard InChI is InChI=1S/C21H21FN6O/c1-29-19-10-9-18(14-24-19)26-20-15(6-3-2-4-11-23)13-25-21(28-20)27-17-8-5-7-16(22)12-17/h5,7-10,12-14H,2,4,11,23H2,1H3,(H2,25,26,27,28). The van der Waals surface area contributed by atoms with Crippen LogP contribution in [-0.4, -0.2) is 28.6 Å². The summed E-state index contributed by atoms with van der Waals surface area (Å²) < 4.78 is 18.5. The van der Waals surface area contributed by atoms with E-state index in [4.69, 9.17) is 10.5 Å². The normalized spacial score (nSPS) is 10.0. The van der Waals surface area contributed by atoms with Crippen LogP contribution in [0, 0.1) is 17.7 Å². The highest BCUT2D eigenvalue weighted by atomic mass is 19.1. The lowest BCUT2D eigenvalue weighted by Gasteiger charge is -2.11. The van der Waals surface area contributed by atoms with Crippen LogP contribution in [0.1, 0.15) is 18.4 Å². The lowest BCUT2D eigenvalue weighted by atomic mass is 10.2. The molecular formula is C21H21FN6O. The molecule has 0 atom stereocenters. The highest BCUT2D eigenvalue weighted by Gasteiger charge is 2.08. The molecular weight excluding hydrogens is 371 g/mol. The molecule has 4 N–H and O–H groups in total. The minimum Gasteiger partial charge on any atom is -0.481 e. The number of unbranched alkanes of at least 4 members (excludes halogenated alkanes) is 1. The molecule has 2 heterocycles. The van der Waals surface area contributed by atoms with Crippen LogP contribution < -0.4 is 21.1 Å². The van der Waals surface area contributed by atoms with Crippen LogP contribution in [0.5, 0.6) is 5.88 Å². The number of hydrogen-bond acceptors (Lipinski definition) is 7. The summed E-state index contributed by atoms with van der Waals surface area (Å²) in [4.78, 5) is 13.0. The maximum absolute atomic E-state index is 13.4. The van der Waals surface area contributed by atoms with E-state index in [0.29, 0.717) is 47.5 Å². The predicted molar refractivity (Wildman–Crippen MR) is 111 cm³/mol. The zero-order valence-corrected chi connectivity index (χ0v) is 15.9. The van der Waals surface area contributed by atoms with E-state index in [9.17, 15) is 4.39 Å². The topological polar surface area (TPSA) is 98.0 Å². The van der Waals surface area contributed by atoms with Crippen LogP contribution in [0.3, 0.4) is 0 Å².